The Balaban J connectivity index is 2.29. The van der Waals surface area contributed by atoms with Gasteiger partial charge in [-0.05, 0) is 71.2 Å². The summed E-state index contributed by atoms with van der Waals surface area (Å²) in [6.45, 7) is 4.12. The minimum Gasteiger partial charge on any atom is -0.456 e. The molecular formula is C15H12BrNO. The molecule has 0 aromatic heterocycles. The van der Waals surface area contributed by atoms with E-state index in [-0.39, 0.29) is 0 Å². The lowest BCUT2D eigenvalue weighted by Crippen LogP contribution is -1.88. The number of benzene rings is 2. The summed E-state index contributed by atoms with van der Waals surface area (Å²) in [4.78, 5) is 0. The van der Waals surface area contributed by atoms with E-state index in [4.69, 9.17) is 10.00 Å². The second kappa shape index (κ2) is 5.24. The van der Waals surface area contributed by atoms with Gasteiger partial charge in [-0.25, -0.2) is 0 Å². The molecule has 0 fully saturated rings. The van der Waals surface area contributed by atoms with Crippen molar-refractivity contribution in [3.8, 4) is 17.6 Å². The molecule has 0 aliphatic rings. The number of hydrogen-bond donors (Lipinski definition) is 0. The molecule has 0 atom stereocenters. The average molecular weight is 302 g/mol. The van der Waals surface area contributed by atoms with Gasteiger partial charge >= 0.3 is 0 Å². The molecule has 0 radical (unpaired) electrons. The Morgan fingerprint density at radius 1 is 1.06 bits per heavy atom. The SMILES string of the molecule is Cc1ccc(Oc2ccc(C#N)cc2Br)cc1C. The van der Waals surface area contributed by atoms with Crippen LogP contribution in [0, 0.1) is 25.2 Å². The van der Waals surface area contributed by atoms with Gasteiger partial charge in [-0.3, -0.25) is 0 Å². The Bertz CT molecular complexity index is 629. The van der Waals surface area contributed by atoms with Crippen molar-refractivity contribution in [1.82, 2.24) is 0 Å². The summed E-state index contributed by atoms with van der Waals surface area (Å²) in [6, 6.07) is 13.3. The quantitative estimate of drug-likeness (QED) is 0.803. The summed E-state index contributed by atoms with van der Waals surface area (Å²) in [7, 11) is 0. The fourth-order valence-electron chi connectivity index (χ4n) is 1.56. The van der Waals surface area contributed by atoms with Gasteiger partial charge in [-0.1, -0.05) is 6.07 Å². The molecule has 2 nitrogen and oxygen atoms in total. The molecule has 0 aliphatic carbocycles. The maximum Gasteiger partial charge on any atom is 0.141 e. The van der Waals surface area contributed by atoms with Crippen LogP contribution >= 0.6 is 15.9 Å². The van der Waals surface area contributed by atoms with Gasteiger partial charge in [0.15, 0.2) is 0 Å². The lowest BCUT2D eigenvalue weighted by atomic mass is 10.1. The summed E-state index contributed by atoms with van der Waals surface area (Å²) < 4.78 is 6.57. The van der Waals surface area contributed by atoms with Crippen molar-refractivity contribution >= 4 is 15.9 Å². The number of nitriles is 1. The Morgan fingerprint density at radius 3 is 2.44 bits per heavy atom. The van der Waals surface area contributed by atoms with Crippen molar-refractivity contribution < 1.29 is 4.74 Å². The molecule has 0 unspecified atom stereocenters. The molecular weight excluding hydrogens is 290 g/mol. The topological polar surface area (TPSA) is 33.0 Å². The lowest BCUT2D eigenvalue weighted by Gasteiger charge is -2.09. The first-order chi connectivity index (χ1) is 8.60. The van der Waals surface area contributed by atoms with E-state index in [2.05, 4.69) is 35.8 Å². The molecule has 0 N–H and O–H groups in total. The Morgan fingerprint density at radius 2 is 1.83 bits per heavy atom. The van der Waals surface area contributed by atoms with E-state index in [1.54, 1.807) is 18.2 Å². The van der Waals surface area contributed by atoms with E-state index in [1.807, 2.05) is 18.2 Å². The van der Waals surface area contributed by atoms with Gasteiger partial charge < -0.3 is 4.74 Å². The van der Waals surface area contributed by atoms with Gasteiger partial charge in [0.2, 0.25) is 0 Å². The van der Waals surface area contributed by atoms with Crippen LogP contribution in [0.4, 0.5) is 0 Å². The van der Waals surface area contributed by atoms with Crippen LogP contribution in [0.25, 0.3) is 0 Å². The van der Waals surface area contributed by atoms with E-state index in [9.17, 15) is 0 Å². The lowest BCUT2D eigenvalue weighted by molar-refractivity contribution is 0.479. The molecule has 0 heterocycles. The fraction of sp³-hybridized carbons (Fsp3) is 0.133. The molecule has 3 heteroatoms. The summed E-state index contributed by atoms with van der Waals surface area (Å²) >= 11 is 3.40. The molecule has 2 rings (SSSR count). The van der Waals surface area contributed by atoms with E-state index < -0.39 is 0 Å². The van der Waals surface area contributed by atoms with Crippen LogP contribution in [0.1, 0.15) is 16.7 Å². The van der Waals surface area contributed by atoms with Crippen LogP contribution in [-0.4, -0.2) is 0 Å². The number of hydrogen-bond acceptors (Lipinski definition) is 2. The van der Waals surface area contributed by atoms with Crippen LogP contribution in [0.2, 0.25) is 0 Å². The van der Waals surface area contributed by atoms with Crippen molar-refractivity contribution in [2.45, 2.75) is 13.8 Å². The number of nitrogens with zero attached hydrogens (tertiary/aromatic N) is 1. The highest BCUT2D eigenvalue weighted by molar-refractivity contribution is 9.10. The summed E-state index contributed by atoms with van der Waals surface area (Å²) in [6.07, 6.45) is 0. The predicted molar refractivity (Wildman–Crippen MR) is 74.8 cm³/mol. The average Bonchev–Trinajstić information content (AvgIpc) is 2.36. The standard InChI is InChI=1S/C15H12BrNO/c1-10-3-5-13(7-11(10)2)18-15-6-4-12(9-17)8-14(15)16/h3-8H,1-2H3. The normalized spacial score (nSPS) is 9.89. The second-order valence-corrected chi connectivity index (χ2v) is 4.96. The monoisotopic (exact) mass is 301 g/mol. The van der Waals surface area contributed by atoms with Crippen LogP contribution in [0.3, 0.4) is 0 Å². The Labute approximate surface area is 115 Å². The number of halogens is 1. The van der Waals surface area contributed by atoms with Crippen LogP contribution in [-0.2, 0) is 0 Å². The smallest absolute Gasteiger partial charge is 0.141 e. The van der Waals surface area contributed by atoms with Gasteiger partial charge in [-0.2, -0.15) is 5.26 Å². The zero-order valence-electron chi connectivity index (χ0n) is 10.2. The van der Waals surface area contributed by atoms with E-state index in [1.165, 1.54) is 11.1 Å². The highest BCUT2D eigenvalue weighted by Gasteiger charge is 2.05. The summed E-state index contributed by atoms with van der Waals surface area (Å²) in [5, 5.41) is 8.80. The first-order valence-corrected chi connectivity index (χ1v) is 6.34. The number of ether oxygens (including phenoxy) is 1. The fourth-order valence-corrected chi connectivity index (χ4v) is 2.02. The van der Waals surface area contributed by atoms with Gasteiger partial charge in [0, 0.05) is 0 Å². The minimum absolute atomic E-state index is 0.606. The van der Waals surface area contributed by atoms with E-state index >= 15 is 0 Å². The van der Waals surface area contributed by atoms with Crippen molar-refractivity contribution in [1.29, 1.82) is 5.26 Å². The number of rotatable bonds is 2. The summed E-state index contributed by atoms with van der Waals surface area (Å²) in [5.74, 6) is 1.50. The number of aryl methyl sites for hydroxylation is 2. The molecule has 90 valence electrons. The molecule has 18 heavy (non-hydrogen) atoms. The Kier molecular flexibility index (Phi) is 3.69. The van der Waals surface area contributed by atoms with E-state index in [0.717, 1.165) is 10.2 Å². The van der Waals surface area contributed by atoms with Crippen molar-refractivity contribution in [2.75, 3.05) is 0 Å². The van der Waals surface area contributed by atoms with Gasteiger partial charge in [0.1, 0.15) is 11.5 Å². The second-order valence-electron chi connectivity index (χ2n) is 4.11. The third kappa shape index (κ3) is 2.72. The van der Waals surface area contributed by atoms with Gasteiger partial charge in [0.25, 0.3) is 0 Å². The third-order valence-corrected chi connectivity index (χ3v) is 3.39. The zero-order valence-corrected chi connectivity index (χ0v) is 11.8. The molecule has 0 spiro atoms. The predicted octanol–water partition coefficient (Wildman–Crippen LogP) is 4.73. The highest BCUT2D eigenvalue weighted by atomic mass is 79.9. The molecule has 0 amide bonds. The minimum atomic E-state index is 0.606. The van der Waals surface area contributed by atoms with Gasteiger partial charge in [0.05, 0.1) is 16.1 Å². The molecule has 0 bridgehead atoms. The molecule has 0 saturated heterocycles. The first-order valence-electron chi connectivity index (χ1n) is 5.55. The van der Waals surface area contributed by atoms with Gasteiger partial charge in [-0.15, -0.1) is 0 Å². The van der Waals surface area contributed by atoms with Crippen LogP contribution in [0.15, 0.2) is 40.9 Å². The maximum atomic E-state index is 8.80. The van der Waals surface area contributed by atoms with E-state index in [0.29, 0.717) is 11.3 Å². The molecule has 2 aromatic rings. The largest absolute Gasteiger partial charge is 0.456 e. The molecule has 2 aromatic carbocycles. The van der Waals surface area contributed by atoms with Crippen LogP contribution in [0.5, 0.6) is 11.5 Å². The molecule has 0 saturated carbocycles. The van der Waals surface area contributed by atoms with Crippen molar-refractivity contribution in [3.05, 3.63) is 57.6 Å². The molecule has 0 aliphatic heterocycles. The highest BCUT2D eigenvalue weighted by Crippen LogP contribution is 2.31. The first kappa shape index (κ1) is 12.7. The van der Waals surface area contributed by atoms with Crippen molar-refractivity contribution in [2.24, 2.45) is 0 Å². The van der Waals surface area contributed by atoms with Crippen LogP contribution < -0.4 is 4.74 Å². The van der Waals surface area contributed by atoms with Crippen molar-refractivity contribution in [3.63, 3.8) is 0 Å². The Hall–Kier alpha value is -1.79. The zero-order chi connectivity index (χ0) is 13.1. The third-order valence-electron chi connectivity index (χ3n) is 2.77. The maximum absolute atomic E-state index is 8.80. The summed E-state index contributed by atoms with van der Waals surface area (Å²) in [5.41, 5.74) is 3.04.